The first-order valence-electron chi connectivity index (χ1n) is 10.7. The summed E-state index contributed by atoms with van der Waals surface area (Å²) >= 11 is 0. The number of hydrogen-bond donors (Lipinski definition) is 0. The Kier molecular flexibility index (Phi) is 5.14. The average molecular weight is 452 g/mol. The van der Waals surface area contributed by atoms with E-state index in [1.54, 1.807) is 12.1 Å². The van der Waals surface area contributed by atoms with Crippen LogP contribution in [-0.4, -0.2) is 43.5 Å². The third-order valence-corrected chi connectivity index (χ3v) is 6.17. The van der Waals surface area contributed by atoms with Crippen LogP contribution in [0.3, 0.4) is 0 Å². The smallest absolute Gasteiger partial charge is 0.461 e. The van der Waals surface area contributed by atoms with E-state index in [0.717, 1.165) is 16.5 Å². The molecule has 8 heteroatoms. The van der Waals surface area contributed by atoms with E-state index in [1.165, 1.54) is 7.11 Å². The van der Waals surface area contributed by atoms with Gasteiger partial charge >= 0.3 is 11.8 Å². The van der Waals surface area contributed by atoms with Crippen molar-refractivity contribution in [1.29, 1.82) is 0 Å². The molecule has 0 bridgehead atoms. The van der Waals surface area contributed by atoms with Crippen molar-refractivity contribution in [1.82, 2.24) is 0 Å². The van der Waals surface area contributed by atoms with Crippen LogP contribution >= 0.6 is 0 Å². The van der Waals surface area contributed by atoms with Gasteiger partial charge in [0.15, 0.2) is 6.10 Å². The van der Waals surface area contributed by atoms with Crippen molar-refractivity contribution in [2.24, 2.45) is 0 Å². The molecule has 1 aromatic heterocycles. The largest absolute Gasteiger partial charge is 0.509 e. The second-order valence-corrected chi connectivity index (χ2v) is 8.69. The second-order valence-electron chi connectivity index (χ2n) is 8.69. The first kappa shape index (κ1) is 21.5. The van der Waals surface area contributed by atoms with Crippen molar-refractivity contribution in [2.75, 3.05) is 7.11 Å². The summed E-state index contributed by atoms with van der Waals surface area (Å²) in [7, 11) is 1.53. The van der Waals surface area contributed by atoms with Crippen molar-refractivity contribution in [3.8, 4) is 16.9 Å². The topological polar surface area (TPSA) is 93.4 Å². The summed E-state index contributed by atoms with van der Waals surface area (Å²) in [6.07, 6.45) is -3.74. The number of hydrogen-bond acceptors (Lipinski definition) is 8. The van der Waals surface area contributed by atoms with Gasteiger partial charge in [-0.05, 0) is 44.0 Å². The van der Waals surface area contributed by atoms with Crippen LogP contribution in [0.5, 0.6) is 5.75 Å². The lowest BCUT2D eigenvalue weighted by molar-refractivity contribution is -0.282. The van der Waals surface area contributed by atoms with Crippen molar-refractivity contribution < 1.29 is 32.9 Å². The molecule has 0 N–H and O–H groups in total. The van der Waals surface area contributed by atoms with E-state index in [1.807, 2.05) is 57.2 Å². The molecule has 2 aliphatic heterocycles. The van der Waals surface area contributed by atoms with Crippen LogP contribution in [0, 0.1) is 6.92 Å². The van der Waals surface area contributed by atoms with Gasteiger partial charge in [0, 0.05) is 18.6 Å². The Bertz CT molecular complexity index is 1260. The summed E-state index contributed by atoms with van der Waals surface area (Å²) in [5.41, 5.74) is 1.28. The van der Waals surface area contributed by atoms with Crippen molar-refractivity contribution >= 4 is 17.1 Å². The van der Waals surface area contributed by atoms with E-state index >= 15 is 0 Å². The molecule has 2 saturated heterocycles. The molecule has 33 heavy (non-hydrogen) atoms. The molecule has 0 spiro atoms. The van der Waals surface area contributed by atoms with E-state index in [0.29, 0.717) is 16.9 Å². The summed E-state index contributed by atoms with van der Waals surface area (Å²) in [6.45, 7) is 5.54. The molecule has 2 aliphatic rings. The Morgan fingerprint density at radius 1 is 0.970 bits per heavy atom. The number of carbonyl (C=O) groups is 1. The molecular formula is C25H24O8. The molecule has 8 nitrogen and oxygen atoms in total. The number of fused-ring (bicyclic) bond motifs is 2. The predicted octanol–water partition coefficient (Wildman–Crippen LogP) is 4.20. The summed E-state index contributed by atoms with van der Waals surface area (Å²) < 4.78 is 33.9. The summed E-state index contributed by atoms with van der Waals surface area (Å²) in [5, 5.41) is 0.790. The molecule has 0 saturated carbocycles. The molecule has 0 unspecified atom stereocenters. The Morgan fingerprint density at radius 3 is 2.42 bits per heavy atom. The molecule has 0 amide bonds. The van der Waals surface area contributed by atoms with Gasteiger partial charge in [0.1, 0.15) is 17.4 Å². The SMILES string of the molecule is CO[C@@H]1[C@@H]2OC(=O)O[C@@H]2[C@H](Oc2ccc3c(C)c(-c4ccccc4)c(=O)oc3c2)OC1(C)C. The Morgan fingerprint density at radius 2 is 1.70 bits per heavy atom. The van der Waals surface area contributed by atoms with Gasteiger partial charge in [-0.1, -0.05) is 30.3 Å². The highest BCUT2D eigenvalue weighted by Gasteiger charge is 2.58. The maximum Gasteiger partial charge on any atom is 0.509 e. The zero-order chi connectivity index (χ0) is 23.3. The minimum absolute atomic E-state index is 0.385. The minimum atomic E-state index is -0.934. The van der Waals surface area contributed by atoms with E-state index in [-0.39, 0.29) is 0 Å². The lowest BCUT2D eigenvalue weighted by atomic mass is 9.89. The van der Waals surface area contributed by atoms with Gasteiger partial charge in [0.05, 0.1) is 11.2 Å². The quantitative estimate of drug-likeness (QED) is 0.430. The second kappa shape index (κ2) is 7.90. The van der Waals surface area contributed by atoms with Crippen molar-refractivity contribution in [2.45, 2.75) is 51.0 Å². The van der Waals surface area contributed by atoms with Crippen LogP contribution in [0.2, 0.25) is 0 Å². The van der Waals surface area contributed by atoms with Crippen molar-refractivity contribution in [3.63, 3.8) is 0 Å². The van der Waals surface area contributed by atoms with Gasteiger partial charge < -0.3 is 28.1 Å². The van der Waals surface area contributed by atoms with Gasteiger partial charge in [-0.25, -0.2) is 9.59 Å². The zero-order valence-electron chi connectivity index (χ0n) is 18.7. The van der Waals surface area contributed by atoms with E-state index in [2.05, 4.69) is 0 Å². The summed E-state index contributed by atoms with van der Waals surface area (Å²) in [5.74, 6) is 0.399. The normalized spacial score (nSPS) is 25.9. The maximum atomic E-state index is 12.8. The van der Waals surface area contributed by atoms with Crippen LogP contribution in [-0.2, 0) is 18.9 Å². The number of ether oxygens (including phenoxy) is 5. The first-order valence-corrected chi connectivity index (χ1v) is 10.7. The molecule has 4 atom stereocenters. The number of methoxy groups -OCH3 is 1. The number of aryl methyl sites for hydroxylation is 1. The van der Waals surface area contributed by atoms with Crippen molar-refractivity contribution in [3.05, 3.63) is 64.5 Å². The standard InChI is InChI=1S/C25H24O8/c1-13-16-11-10-15(12-17(16)30-22(26)18(13)14-8-6-5-7-9-14)29-23-20-19(31-24(27)32-20)21(28-4)25(2,3)33-23/h5-12,19-21,23H,1-4H3/t19-,20+,21-,23-/m1/s1. The third kappa shape index (κ3) is 3.65. The zero-order valence-corrected chi connectivity index (χ0v) is 18.7. The van der Waals surface area contributed by atoms with Gasteiger partial charge in [0.25, 0.3) is 0 Å². The van der Waals surface area contributed by atoms with Gasteiger partial charge in [-0.3, -0.25) is 0 Å². The van der Waals surface area contributed by atoms with E-state index < -0.39 is 42.0 Å². The first-order chi connectivity index (χ1) is 15.8. The number of rotatable bonds is 4. The maximum absolute atomic E-state index is 12.8. The molecule has 3 heterocycles. The Hall–Kier alpha value is -3.36. The number of carbonyl (C=O) groups excluding carboxylic acids is 1. The molecular weight excluding hydrogens is 428 g/mol. The highest BCUT2D eigenvalue weighted by molar-refractivity contribution is 5.87. The van der Waals surface area contributed by atoms with Gasteiger partial charge in [0.2, 0.25) is 12.4 Å². The lowest BCUT2D eigenvalue weighted by Gasteiger charge is -2.45. The van der Waals surface area contributed by atoms with Gasteiger partial charge in [-0.15, -0.1) is 0 Å². The molecule has 3 aromatic rings. The average Bonchev–Trinajstić information content (AvgIpc) is 3.15. The van der Waals surface area contributed by atoms with Crippen LogP contribution in [0.25, 0.3) is 22.1 Å². The fourth-order valence-electron chi connectivity index (χ4n) is 4.65. The Labute approximate surface area is 190 Å². The van der Waals surface area contributed by atoms with E-state index in [9.17, 15) is 9.59 Å². The molecule has 0 aliphatic carbocycles. The molecule has 172 valence electrons. The molecule has 0 radical (unpaired) electrons. The predicted molar refractivity (Wildman–Crippen MR) is 118 cm³/mol. The summed E-state index contributed by atoms with van der Waals surface area (Å²) in [4.78, 5) is 24.6. The van der Waals surface area contributed by atoms with E-state index in [4.69, 9.17) is 28.1 Å². The van der Waals surface area contributed by atoms with Gasteiger partial charge in [-0.2, -0.15) is 0 Å². The monoisotopic (exact) mass is 452 g/mol. The molecule has 2 aromatic carbocycles. The Balaban J connectivity index is 1.49. The molecule has 5 rings (SSSR count). The van der Waals surface area contributed by atoms with Crippen LogP contribution < -0.4 is 10.4 Å². The van der Waals surface area contributed by atoms with Crippen LogP contribution in [0.1, 0.15) is 19.4 Å². The number of benzene rings is 2. The third-order valence-electron chi connectivity index (χ3n) is 6.17. The van der Waals surface area contributed by atoms with Crippen LogP contribution in [0.15, 0.2) is 57.7 Å². The highest BCUT2D eigenvalue weighted by atomic mass is 16.8. The molecule has 2 fully saturated rings. The fraction of sp³-hybridized carbons (Fsp3) is 0.360. The highest BCUT2D eigenvalue weighted by Crippen LogP contribution is 2.39. The summed E-state index contributed by atoms with van der Waals surface area (Å²) in [6, 6.07) is 14.6. The lowest BCUT2D eigenvalue weighted by Crippen LogP contribution is -2.62. The minimum Gasteiger partial charge on any atom is -0.461 e. The fourth-order valence-corrected chi connectivity index (χ4v) is 4.65. The van der Waals surface area contributed by atoms with Crippen LogP contribution in [0.4, 0.5) is 4.79 Å².